The van der Waals surface area contributed by atoms with Crippen LogP contribution in [0.5, 0.6) is 0 Å². The van der Waals surface area contributed by atoms with Gasteiger partial charge in [-0.15, -0.1) is 14.5 Å². The second-order valence-electron chi connectivity index (χ2n) is 7.48. The molecule has 0 radical (unpaired) electrons. The minimum atomic E-state index is -4.83. The fourth-order valence-corrected chi connectivity index (χ4v) is 4.45. The molecule has 3 aliphatic rings. The molecule has 1 aromatic heterocycles. The van der Waals surface area contributed by atoms with E-state index in [0.717, 1.165) is 13.0 Å². The van der Waals surface area contributed by atoms with Crippen LogP contribution in [0.3, 0.4) is 0 Å². The van der Waals surface area contributed by atoms with Crippen LogP contribution in [0.1, 0.15) is 19.3 Å². The zero-order valence-corrected chi connectivity index (χ0v) is 16.6. The van der Waals surface area contributed by atoms with Crippen molar-refractivity contribution in [1.29, 1.82) is 0 Å². The van der Waals surface area contributed by atoms with E-state index in [4.69, 9.17) is 9.39 Å². The first-order valence-electron chi connectivity index (χ1n) is 9.43. The molecule has 30 heavy (non-hydrogen) atoms. The molecule has 3 saturated heterocycles. The van der Waals surface area contributed by atoms with Crippen LogP contribution in [0.4, 0.5) is 4.79 Å². The van der Waals surface area contributed by atoms with E-state index >= 15 is 0 Å². The fraction of sp³-hybridized carbons (Fsp3) is 0.786. The summed E-state index contributed by atoms with van der Waals surface area (Å²) in [4.78, 5) is 32.9. The van der Waals surface area contributed by atoms with Crippen molar-refractivity contribution in [2.75, 3.05) is 19.7 Å². The van der Waals surface area contributed by atoms with E-state index in [-0.39, 0.29) is 19.2 Å². The van der Waals surface area contributed by atoms with Crippen molar-refractivity contribution in [1.82, 2.24) is 41.0 Å². The first kappa shape index (κ1) is 20.9. The number of fused-ring (bicyclic) bond motifs is 2. The van der Waals surface area contributed by atoms with Crippen molar-refractivity contribution in [3.05, 3.63) is 6.33 Å². The van der Waals surface area contributed by atoms with Crippen LogP contribution in [-0.2, 0) is 30.9 Å². The Balaban J connectivity index is 1.22. The molecule has 3 aliphatic heterocycles. The molecule has 4 atom stereocenters. The molecule has 0 spiro atoms. The summed E-state index contributed by atoms with van der Waals surface area (Å²) < 4.78 is 35.0. The number of hydrogen-bond donors (Lipinski definition) is 3. The Bertz CT molecular complexity index is 881. The van der Waals surface area contributed by atoms with Gasteiger partial charge in [0.15, 0.2) is 6.33 Å². The molecule has 3 amide bonds. The Hall–Kier alpha value is -2.40. The molecule has 0 saturated carbocycles. The van der Waals surface area contributed by atoms with Gasteiger partial charge in [-0.2, -0.15) is 18.3 Å². The standard InChI is InChI=1S/C14H22N8O7S/c23-13(12-2-1-11-6-20(12)14(24)22(11)29-30(25,26)27)18-28-7-10-3-9(4-15-10)5-21-17-8-16-19-21/h8-12,15H,1-7H2,(H,18,23)(H,25,26,27)/t9-,10-,11-,12+/m1/s1. The lowest BCUT2D eigenvalue weighted by molar-refractivity contribution is -0.139. The van der Waals surface area contributed by atoms with Crippen molar-refractivity contribution >= 4 is 22.3 Å². The summed E-state index contributed by atoms with van der Waals surface area (Å²) in [6, 6.07) is -2.12. The minimum absolute atomic E-state index is 0.0432. The van der Waals surface area contributed by atoms with E-state index in [1.807, 2.05) is 0 Å². The third kappa shape index (κ3) is 4.67. The highest BCUT2D eigenvalue weighted by Gasteiger charge is 2.49. The topological polar surface area (TPSA) is 181 Å². The predicted octanol–water partition coefficient (Wildman–Crippen LogP) is -2.30. The molecule has 0 unspecified atom stereocenters. The van der Waals surface area contributed by atoms with Gasteiger partial charge in [-0.05, 0) is 30.4 Å². The minimum Gasteiger partial charge on any atom is -0.311 e. The quantitative estimate of drug-likeness (QED) is 0.288. The lowest BCUT2D eigenvalue weighted by Crippen LogP contribution is -2.50. The number of rotatable bonds is 8. The summed E-state index contributed by atoms with van der Waals surface area (Å²) in [7, 11) is -4.83. The van der Waals surface area contributed by atoms with Crippen LogP contribution in [0.15, 0.2) is 6.33 Å². The SMILES string of the molecule is O=C(NOC[C@H]1C[C@@H](Cn2ncnn2)CN1)[C@@H]1CC[C@@H]2CN1C(=O)N2OS(=O)(=O)O. The smallest absolute Gasteiger partial charge is 0.311 e. The van der Waals surface area contributed by atoms with Gasteiger partial charge in [-0.3, -0.25) is 14.2 Å². The first-order valence-corrected chi connectivity index (χ1v) is 10.8. The van der Waals surface area contributed by atoms with E-state index in [9.17, 15) is 18.0 Å². The summed E-state index contributed by atoms with van der Waals surface area (Å²) in [5, 5.41) is 15.4. The number of nitrogens with zero attached hydrogens (tertiary/aromatic N) is 6. The Morgan fingerprint density at radius 3 is 2.97 bits per heavy atom. The van der Waals surface area contributed by atoms with Crippen LogP contribution in [0.25, 0.3) is 0 Å². The maximum Gasteiger partial charge on any atom is 0.418 e. The molecule has 15 nitrogen and oxygen atoms in total. The van der Waals surface area contributed by atoms with Gasteiger partial charge in [0.2, 0.25) is 0 Å². The number of carbonyl (C=O) groups is 2. The summed E-state index contributed by atoms with van der Waals surface area (Å²) >= 11 is 0. The molecule has 0 aliphatic carbocycles. The average molecular weight is 446 g/mol. The first-order chi connectivity index (χ1) is 14.3. The van der Waals surface area contributed by atoms with Crippen LogP contribution < -0.4 is 10.8 Å². The normalized spacial score (nSPS) is 28.9. The Labute approximate surface area is 171 Å². The number of carbonyl (C=O) groups excluding carboxylic acids is 2. The van der Waals surface area contributed by atoms with Gasteiger partial charge in [-0.1, -0.05) is 0 Å². The third-order valence-corrected chi connectivity index (χ3v) is 5.73. The number of amides is 3. The van der Waals surface area contributed by atoms with Crippen LogP contribution in [0, 0.1) is 5.92 Å². The maximum absolute atomic E-state index is 12.5. The summed E-state index contributed by atoms with van der Waals surface area (Å²) in [6.07, 6.45) is 2.85. The second-order valence-corrected chi connectivity index (χ2v) is 8.49. The number of tetrazole rings is 1. The number of urea groups is 1. The summed E-state index contributed by atoms with van der Waals surface area (Å²) in [5.74, 6) is -0.188. The molecule has 1 aromatic rings. The lowest BCUT2D eigenvalue weighted by atomic mass is 10.0. The number of hydrogen-bond acceptors (Lipinski definition) is 10. The Morgan fingerprint density at radius 1 is 1.40 bits per heavy atom. The van der Waals surface area contributed by atoms with Gasteiger partial charge in [0.25, 0.3) is 5.91 Å². The van der Waals surface area contributed by atoms with Crippen LogP contribution in [-0.4, -0.2) is 92.9 Å². The van der Waals surface area contributed by atoms with Crippen molar-refractivity contribution in [3.8, 4) is 0 Å². The molecule has 4 heterocycles. The molecular weight excluding hydrogens is 424 g/mol. The van der Waals surface area contributed by atoms with Crippen LogP contribution >= 0.6 is 0 Å². The van der Waals surface area contributed by atoms with E-state index in [1.54, 1.807) is 0 Å². The van der Waals surface area contributed by atoms with Gasteiger partial charge in [0, 0.05) is 19.1 Å². The van der Waals surface area contributed by atoms with E-state index in [2.05, 4.69) is 30.5 Å². The maximum atomic E-state index is 12.5. The molecule has 3 fully saturated rings. The molecule has 0 aromatic carbocycles. The second kappa shape index (κ2) is 8.38. The van der Waals surface area contributed by atoms with Gasteiger partial charge in [-0.25, -0.2) is 10.3 Å². The highest BCUT2D eigenvalue weighted by atomic mass is 32.3. The summed E-state index contributed by atoms with van der Waals surface area (Å²) in [6.45, 7) is 1.76. The van der Waals surface area contributed by atoms with E-state index < -0.39 is 34.4 Å². The predicted molar refractivity (Wildman–Crippen MR) is 95.2 cm³/mol. The van der Waals surface area contributed by atoms with Crippen molar-refractivity contribution < 1.29 is 31.7 Å². The number of nitrogens with one attached hydrogen (secondary N) is 2. The molecule has 2 bridgehead atoms. The van der Waals surface area contributed by atoms with Crippen LogP contribution in [0.2, 0.25) is 0 Å². The van der Waals surface area contributed by atoms with Crippen molar-refractivity contribution in [2.24, 2.45) is 5.92 Å². The number of piperidine rings is 1. The zero-order valence-electron chi connectivity index (χ0n) is 15.8. The molecule has 4 rings (SSSR count). The Morgan fingerprint density at radius 2 is 2.23 bits per heavy atom. The highest BCUT2D eigenvalue weighted by Crippen LogP contribution is 2.30. The lowest BCUT2D eigenvalue weighted by Gasteiger charge is -2.29. The molecule has 3 N–H and O–H groups in total. The third-order valence-electron chi connectivity index (χ3n) is 5.38. The summed E-state index contributed by atoms with van der Waals surface area (Å²) in [5.41, 5.74) is 2.37. The average Bonchev–Trinajstić information content (AvgIpc) is 3.40. The monoisotopic (exact) mass is 446 g/mol. The molecule has 16 heteroatoms. The fourth-order valence-electron chi connectivity index (χ4n) is 4.06. The van der Waals surface area contributed by atoms with E-state index in [0.29, 0.717) is 30.4 Å². The van der Waals surface area contributed by atoms with Gasteiger partial charge in [0.1, 0.15) is 6.04 Å². The van der Waals surface area contributed by atoms with Crippen molar-refractivity contribution in [2.45, 2.75) is 43.9 Å². The van der Waals surface area contributed by atoms with Crippen molar-refractivity contribution in [3.63, 3.8) is 0 Å². The number of hydroxylamine groups is 3. The molecular formula is C14H22N8O7S. The van der Waals surface area contributed by atoms with Gasteiger partial charge < -0.3 is 10.2 Å². The Kier molecular flexibility index (Phi) is 5.83. The zero-order chi connectivity index (χ0) is 21.3. The van der Waals surface area contributed by atoms with E-state index in [1.165, 1.54) is 16.0 Å². The number of aromatic nitrogens is 4. The molecule has 166 valence electrons. The highest BCUT2D eigenvalue weighted by molar-refractivity contribution is 7.80. The van der Waals surface area contributed by atoms with Gasteiger partial charge in [0.05, 0.1) is 19.2 Å². The largest absolute Gasteiger partial charge is 0.418 e. The van der Waals surface area contributed by atoms with Gasteiger partial charge >= 0.3 is 16.4 Å².